The van der Waals surface area contributed by atoms with Crippen molar-refractivity contribution in [3.8, 4) is 0 Å². The third-order valence-electron chi connectivity index (χ3n) is 1.58. The van der Waals surface area contributed by atoms with Crippen molar-refractivity contribution in [1.82, 2.24) is 0 Å². The lowest BCUT2D eigenvalue weighted by Crippen LogP contribution is -2.21. The van der Waals surface area contributed by atoms with Crippen LogP contribution in [0.15, 0.2) is 27.1 Å². The molecule has 1 rings (SSSR count). The summed E-state index contributed by atoms with van der Waals surface area (Å²) in [5.41, 5.74) is 6.03. The maximum Gasteiger partial charge on any atom is 0.325 e. The van der Waals surface area contributed by atoms with Crippen LogP contribution in [-0.4, -0.2) is 11.1 Å². The van der Waals surface area contributed by atoms with Crippen molar-refractivity contribution in [1.29, 1.82) is 0 Å². The minimum Gasteiger partial charge on any atom is -0.480 e. The molecular formula is C8H7Br2NO2. The Morgan fingerprint density at radius 3 is 2.23 bits per heavy atom. The predicted molar refractivity (Wildman–Crippen MR) is 56.4 cm³/mol. The number of aliphatic carboxylic acids is 1. The number of benzene rings is 1. The van der Waals surface area contributed by atoms with Crippen LogP contribution in [0.3, 0.4) is 0 Å². The second-order valence-electron chi connectivity index (χ2n) is 2.45. The molecule has 0 aliphatic carbocycles. The van der Waals surface area contributed by atoms with E-state index in [2.05, 4.69) is 31.9 Å². The maximum atomic E-state index is 10.6. The Morgan fingerprint density at radius 2 is 1.85 bits per heavy atom. The monoisotopic (exact) mass is 307 g/mol. The van der Waals surface area contributed by atoms with Gasteiger partial charge >= 0.3 is 5.97 Å². The molecule has 0 spiro atoms. The highest BCUT2D eigenvalue weighted by Gasteiger charge is 2.19. The second-order valence-corrected chi connectivity index (χ2v) is 4.16. The third kappa shape index (κ3) is 2.30. The van der Waals surface area contributed by atoms with Crippen LogP contribution in [0.1, 0.15) is 11.6 Å². The topological polar surface area (TPSA) is 63.3 Å². The van der Waals surface area contributed by atoms with Crippen molar-refractivity contribution < 1.29 is 9.90 Å². The van der Waals surface area contributed by atoms with Crippen molar-refractivity contribution in [2.24, 2.45) is 5.73 Å². The number of carbonyl (C=O) groups is 1. The first-order chi connectivity index (χ1) is 6.04. The molecule has 0 radical (unpaired) electrons. The SMILES string of the molecule is NC(C(=O)O)c1c(Br)cccc1Br. The van der Waals surface area contributed by atoms with Crippen molar-refractivity contribution in [2.45, 2.75) is 6.04 Å². The summed E-state index contributed by atoms with van der Waals surface area (Å²) in [5.74, 6) is -1.05. The van der Waals surface area contributed by atoms with E-state index in [9.17, 15) is 4.79 Å². The average molecular weight is 309 g/mol. The molecule has 1 aromatic carbocycles. The van der Waals surface area contributed by atoms with Gasteiger partial charge in [-0.1, -0.05) is 37.9 Å². The normalized spacial score (nSPS) is 12.5. The Balaban J connectivity index is 3.20. The molecule has 0 heterocycles. The Morgan fingerprint density at radius 1 is 1.38 bits per heavy atom. The summed E-state index contributed by atoms with van der Waals surface area (Å²) < 4.78 is 1.38. The second kappa shape index (κ2) is 4.21. The molecule has 0 bridgehead atoms. The fourth-order valence-corrected chi connectivity index (χ4v) is 2.42. The van der Waals surface area contributed by atoms with Crippen molar-refractivity contribution in [3.63, 3.8) is 0 Å². The molecule has 70 valence electrons. The maximum absolute atomic E-state index is 10.6. The zero-order valence-corrected chi connectivity index (χ0v) is 9.67. The Kier molecular flexibility index (Phi) is 3.47. The van der Waals surface area contributed by atoms with Gasteiger partial charge in [0.25, 0.3) is 0 Å². The van der Waals surface area contributed by atoms with Crippen LogP contribution in [0.4, 0.5) is 0 Å². The van der Waals surface area contributed by atoms with Gasteiger partial charge in [0.15, 0.2) is 0 Å². The highest BCUT2D eigenvalue weighted by molar-refractivity contribution is 9.11. The van der Waals surface area contributed by atoms with E-state index < -0.39 is 12.0 Å². The summed E-state index contributed by atoms with van der Waals surface area (Å²) in [6.45, 7) is 0. The van der Waals surface area contributed by atoms with Crippen LogP contribution in [0.5, 0.6) is 0 Å². The predicted octanol–water partition coefficient (Wildman–Crippen LogP) is 2.30. The number of halogens is 2. The van der Waals surface area contributed by atoms with Gasteiger partial charge in [0.05, 0.1) is 0 Å². The van der Waals surface area contributed by atoms with Gasteiger partial charge in [-0.05, 0) is 12.1 Å². The first-order valence-electron chi connectivity index (χ1n) is 3.46. The molecular weight excluding hydrogens is 302 g/mol. The molecule has 0 aliphatic heterocycles. The molecule has 1 aromatic rings. The largest absolute Gasteiger partial charge is 0.480 e. The van der Waals surface area contributed by atoms with Gasteiger partial charge in [-0.15, -0.1) is 0 Å². The lowest BCUT2D eigenvalue weighted by atomic mass is 10.1. The highest BCUT2D eigenvalue weighted by atomic mass is 79.9. The van der Waals surface area contributed by atoms with Crippen molar-refractivity contribution >= 4 is 37.8 Å². The van der Waals surface area contributed by atoms with E-state index in [0.29, 0.717) is 14.5 Å². The van der Waals surface area contributed by atoms with Gasteiger partial charge in [0, 0.05) is 14.5 Å². The lowest BCUT2D eigenvalue weighted by Gasteiger charge is -2.10. The van der Waals surface area contributed by atoms with E-state index in [1.165, 1.54) is 0 Å². The van der Waals surface area contributed by atoms with Gasteiger partial charge in [0.1, 0.15) is 6.04 Å². The number of hydrogen-bond donors (Lipinski definition) is 2. The summed E-state index contributed by atoms with van der Waals surface area (Å²) in [4.78, 5) is 10.6. The lowest BCUT2D eigenvalue weighted by molar-refractivity contribution is -0.138. The Hall–Kier alpha value is -0.390. The minimum atomic E-state index is -1.05. The zero-order valence-electron chi connectivity index (χ0n) is 6.50. The van der Waals surface area contributed by atoms with E-state index >= 15 is 0 Å². The van der Waals surface area contributed by atoms with Crippen molar-refractivity contribution in [2.75, 3.05) is 0 Å². The minimum absolute atomic E-state index is 0.551. The van der Waals surface area contributed by atoms with Crippen LogP contribution >= 0.6 is 31.9 Å². The van der Waals surface area contributed by atoms with Gasteiger partial charge in [-0.25, -0.2) is 0 Å². The summed E-state index contributed by atoms with van der Waals surface area (Å²) in [5, 5.41) is 8.72. The van der Waals surface area contributed by atoms with E-state index in [0.717, 1.165) is 0 Å². The number of carboxylic acid groups (broad SMARTS) is 1. The number of hydrogen-bond acceptors (Lipinski definition) is 2. The first-order valence-corrected chi connectivity index (χ1v) is 5.05. The van der Waals surface area contributed by atoms with Gasteiger partial charge in [-0.2, -0.15) is 0 Å². The van der Waals surface area contributed by atoms with E-state index in [1.807, 2.05) is 0 Å². The van der Waals surface area contributed by atoms with E-state index in [-0.39, 0.29) is 0 Å². The molecule has 5 heteroatoms. The molecule has 0 saturated heterocycles. The van der Waals surface area contributed by atoms with Gasteiger partial charge < -0.3 is 10.8 Å². The average Bonchev–Trinajstić information content (AvgIpc) is 2.03. The fourth-order valence-electron chi connectivity index (χ4n) is 0.931. The van der Waals surface area contributed by atoms with Crippen LogP contribution in [0.2, 0.25) is 0 Å². The molecule has 1 atom stereocenters. The molecule has 13 heavy (non-hydrogen) atoms. The quantitative estimate of drug-likeness (QED) is 0.881. The molecule has 0 fully saturated rings. The smallest absolute Gasteiger partial charge is 0.325 e. The van der Waals surface area contributed by atoms with Crippen LogP contribution < -0.4 is 5.73 Å². The number of rotatable bonds is 2. The molecule has 1 unspecified atom stereocenters. The van der Waals surface area contributed by atoms with Gasteiger partial charge in [0.2, 0.25) is 0 Å². The Labute approximate surface area is 92.2 Å². The molecule has 0 amide bonds. The summed E-state index contributed by atoms with van der Waals surface area (Å²) in [6, 6.07) is 4.29. The van der Waals surface area contributed by atoms with Crippen LogP contribution in [0.25, 0.3) is 0 Å². The van der Waals surface area contributed by atoms with E-state index in [1.54, 1.807) is 18.2 Å². The summed E-state index contributed by atoms with van der Waals surface area (Å²) in [7, 11) is 0. The summed E-state index contributed by atoms with van der Waals surface area (Å²) in [6.07, 6.45) is 0. The molecule has 3 N–H and O–H groups in total. The standard InChI is InChI=1S/C8H7Br2NO2/c9-4-2-1-3-5(10)6(4)7(11)8(12)13/h1-3,7H,11H2,(H,12,13). The van der Waals surface area contributed by atoms with Crippen LogP contribution in [0, 0.1) is 0 Å². The van der Waals surface area contributed by atoms with Gasteiger partial charge in [-0.3, -0.25) is 4.79 Å². The fraction of sp³-hybridized carbons (Fsp3) is 0.125. The Bertz CT molecular complexity index is 321. The first kappa shape index (κ1) is 10.7. The number of carboxylic acids is 1. The highest BCUT2D eigenvalue weighted by Crippen LogP contribution is 2.29. The number of nitrogens with two attached hydrogens (primary N) is 1. The summed E-state index contributed by atoms with van der Waals surface area (Å²) >= 11 is 6.49. The molecule has 0 saturated carbocycles. The third-order valence-corrected chi connectivity index (χ3v) is 2.96. The zero-order chi connectivity index (χ0) is 10.0. The molecule has 0 aromatic heterocycles. The molecule has 0 aliphatic rings. The van der Waals surface area contributed by atoms with Crippen LogP contribution in [-0.2, 0) is 4.79 Å². The van der Waals surface area contributed by atoms with Crippen molar-refractivity contribution in [3.05, 3.63) is 32.7 Å². The van der Waals surface area contributed by atoms with E-state index in [4.69, 9.17) is 10.8 Å². The molecule has 3 nitrogen and oxygen atoms in total.